The van der Waals surface area contributed by atoms with Crippen molar-refractivity contribution in [3.05, 3.63) is 47.5 Å². The topological polar surface area (TPSA) is 95.1 Å². The third-order valence-electron chi connectivity index (χ3n) is 8.49. The molecule has 0 heterocycles. The summed E-state index contributed by atoms with van der Waals surface area (Å²) in [4.78, 5) is 25.8. The highest BCUT2D eigenvalue weighted by molar-refractivity contribution is 6.35. The quantitative estimate of drug-likeness (QED) is 0.451. The number of ether oxygens (including phenoxy) is 4. The van der Waals surface area contributed by atoms with Crippen LogP contribution in [0.25, 0.3) is 0 Å². The van der Waals surface area contributed by atoms with E-state index in [1.54, 1.807) is 28.4 Å². The van der Waals surface area contributed by atoms with Crippen LogP contribution >= 0.6 is 0 Å². The number of amides is 2. The Balaban J connectivity index is 1.42. The summed E-state index contributed by atoms with van der Waals surface area (Å²) in [6, 6.07) is 11.8. The SMILES string of the molecule is COc1ccc(C2(CNC(=O)C(=O)NCC3(c4ccc(OC)c(OC)c4)CCCC3)CCCC2)cc1OC. The van der Waals surface area contributed by atoms with Gasteiger partial charge in [-0.3, -0.25) is 9.59 Å². The maximum Gasteiger partial charge on any atom is 0.309 e. The average molecular weight is 525 g/mol. The van der Waals surface area contributed by atoms with Gasteiger partial charge in [-0.05, 0) is 61.1 Å². The molecule has 2 aromatic carbocycles. The number of benzene rings is 2. The highest BCUT2D eigenvalue weighted by atomic mass is 16.5. The van der Waals surface area contributed by atoms with Crippen LogP contribution in [0.3, 0.4) is 0 Å². The second-order valence-corrected chi connectivity index (χ2v) is 10.5. The van der Waals surface area contributed by atoms with Crippen LogP contribution in [0.1, 0.15) is 62.5 Å². The first-order chi connectivity index (χ1) is 18.4. The van der Waals surface area contributed by atoms with Crippen LogP contribution in [0.5, 0.6) is 23.0 Å². The molecule has 0 saturated heterocycles. The molecule has 2 fully saturated rings. The molecule has 0 aromatic heterocycles. The maximum atomic E-state index is 12.9. The van der Waals surface area contributed by atoms with Gasteiger partial charge in [-0.15, -0.1) is 0 Å². The van der Waals surface area contributed by atoms with Gasteiger partial charge in [-0.1, -0.05) is 37.8 Å². The monoisotopic (exact) mass is 524 g/mol. The van der Waals surface area contributed by atoms with E-state index < -0.39 is 11.8 Å². The normalized spacial score (nSPS) is 17.5. The van der Waals surface area contributed by atoms with Crippen molar-refractivity contribution in [1.29, 1.82) is 0 Å². The summed E-state index contributed by atoms with van der Waals surface area (Å²) < 4.78 is 21.8. The summed E-state index contributed by atoms with van der Waals surface area (Å²) in [6.07, 6.45) is 8.04. The number of hydrogen-bond donors (Lipinski definition) is 2. The van der Waals surface area contributed by atoms with Crippen molar-refractivity contribution in [2.45, 2.75) is 62.2 Å². The lowest BCUT2D eigenvalue weighted by atomic mass is 9.78. The molecule has 2 amide bonds. The summed E-state index contributed by atoms with van der Waals surface area (Å²) >= 11 is 0. The molecule has 2 N–H and O–H groups in total. The molecular formula is C30H40N2O6. The van der Waals surface area contributed by atoms with Crippen LogP contribution in [-0.2, 0) is 20.4 Å². The van der Waals surface area contributed by atoms with E-state index in [1.807, 2.05) is 36.4 Å². The molecule has 0 aliphatic heterocycles. The Bertz CT molecular complexity index is 1050. The Labute approximate surface area is 225 Å². The van der Waals surface area contributed by atoms with Crippen LogP contribution in [-0.4, -0.2) is 53.3 Å². The minimum Gasteiger partial charge on any atom is -0.493 e. The summed E-state index contributed by atoms with van der Waals surface area (Å²) in [5, 5.41) is 5.86. The van der Waals surface area contributed by atoms with Crippen molar-refractivity contribution in [2.24, 2.45) is 0 Å². The van der Waals surface area contributed by atoms with Crippen LogP contribution < -0.4 is 29.6 Å². The molecule has 2 aliphatic carbocycles. The predicted octanol–water partition coefficient (Wildman–Crippen LogP) is 4.28. The van der Waals surface area contributed by atoms with Gasteiger partial charge in [0.05, 0.1) is 28.4 Å². The van der Waals surface area contributed by atoms with Gasteiger partial charge in [0, 0.05) is 23.9 Å². The molecule has 0 atom stereocenters. The van der Waals surface area contributed by atoms with Crippen LogP contribution in [0.15, 0.2) is 36.4 Å². The van der Waals surface area contributed by atoms with E-state index in [0.29, 0.717) is 36.1 Å². The van der Waals surface area contributed by atoms with Gasteiger partial charge in [-0.25, -0.2) is 0 Å². The predicted molar refractivity (Wildman–Crippen MR) is 145 cm³/mol. The number of carbonyl (C=O) groups is 2. The van der Waals surface area contributed by atoms with Gasteiger partial charge in [-0.2, -0.15) is 0 Å². The zero-order chi connectivity index (χ0) is 27.2. The minimum atomic E-state index is -0.600. The fourth-order valence-corrected chi connectivity index (χ4v) is 6.23. The largest absolute Gasteiger partial charge is 0.493 e. The molecule has 8 nitrogen and oxygen atoms in total. The van der Waals surface area contributed by atoms with Crippen LogP contribution in [0, 0.1) is 0 Å². The van der Waals surface area contributed by atoms with Gasteiger partial charge in [0.25, 0.3) is 0 Å². The number of hydrogen-bond acceptors (Lipinski definition) is 6. The Morgan fingerprint density at radius 1 is 0.605 bits per heavy atom. The highest BCUT2D eigenvalue weighted by Gasteiger charge is 2.39. The highest BCUT2D eigenvalue weighted by Crippen LogP contribution is 2.44. The molecule has 2 aromatic rings. The lowest BCUT2D eigenvalue weighted by Gasteiger charge is -2.31. The Morgan fingerprint density at radius 3 is 1.26 bits per heavy atom. The Hall–Kier alpha value is -3.42. The molecule has 0 spiro atoms. The van der Waals surface area contributed by atoms with E-state index in [-0.39, 0.29) is 10.8 Å². The minimum absolute atomic E-state index is 0.234. The van der Waals surface area contributed by atoms with E-state index >= 15 is 0 Å². The Kier molecular flexibility index (Phi) is 8.69. The summed E-state index contributed by atoms with van der Waals surface area (Å²) in [5.74, 6) is 1.47. The molecule has 0 radical (unpaired) electrons. The van der Waals surface area contributed by atoms with Gasteiger partial charge >= 0.3 is 11.8 Å². The van der Waals surface area contributed by atoms with Crippen molar-refractivity contribution < 1.29 is 28.5 Å². The lowest BCUT2D eigenvalue weighted by Crippen LogP contribution is -2.48. The summed E-state index contributed by atoms with van der Waals surface area (Å²) in [6.45, 7) is 0.797. The number of carbonyl (C=O) groups excluding carboxylic acids is 2. The van der Waals surface area contributed by atoms with Crippen LogP contribution in [0.4, 0.5) is 0 Å². The van der Waals surface area contributed by atoms with E-state index in [1.165, 1.54) is 0 Å². The van der Waals surface area contributed by atoms with E-state index in [2.05, 4.69) is 10.6 Å². The van der Waals surface area contributed by atoms with Crippen molar-refractivity contribution in [3.63, 3.8) is 0 Å². The van der Waals surface area contributed by atoms with E-state index in [9.17, 15) is 9.59 Å². The second kappa shape index (κ2) is 12.0. The zero-order valence-electron chi connectivity index (χ0n) is 23.0. The summed E-state index contributed by atoms with van der Waals surface area (Å²) in [7, 11) is 6.47. The first-order valence-electron chi connectivity index (χ1n) is 13.4. The third-order valence-corrected chi connectivity index (χ3v) is 8.49. The maximum absolute atomic E-state index is 12.9. The first kappa shape index (κ1) is 27.6. The summed E-state index contributed by atoms with van der Waals surface area (Å²) in [5.41, 5.74) is 1.71. The molecule has 0 unspecified atom stereocenters. The van der Waals surface area contributed by atoms with Gasteiger partial charge in [0.2, 0.25) is 0 Å². The third kappa shape index (κ3) is 5.54. The standard InChI is InChI=1S/C30H40N2O6/c1-35-23-11-9-21(17-25(23)37-3)29(13-5-6-14-29)19-31-27(33)28(34)32-20-30(15-7-8-16-30)22-10-12-24(36-2)26(18-22)38-4/h9-12,17-18H,5-8,13-16,19-20H2,1-4H3,(H,31,33)(H,32,34). The number of methoxy groups -OCH3 is 4. The van der Waals surface area contributed by atoms with Crippen LogP contribution in [0.2, 0.25) is 0 Å². The van der Waals surface area contributed by atoms with E-state index in [0.717, 1.165) is 62.5 Å². The van der Waals surface area contributed by atoms with E-state index in [4.69, 9.17) is 18.9 Å². The first-order valence-corrected chi connectivity index (χ1v) is 13.4. The molecule has 0 bridgehead atoms. The van der Waals surface area contributed by atoms with Crippen molar-refractivity contribution in [2.75, 3.05) is 41.5 Å². The Morgan fingerprint density at radius 2 is 0.947 bits per heavy atom. The van der Waals surface area contributed by atoms with Gasteiger partial charge in [0.15, 0.2) is 23.0 Å². The molecular weight excluding hydrogens is 484 g/mol. The van der Waals surface area contributed by atoms with Crippen molar-refractivity contribution in [3.8, 4) is 23.0 Å². The fourth-order valence-electron chi connectivity index (χ4n) is 6.23. The lowest BCUT2D eigenvalue weighted by molar-refractivity contribution is -0.139. The fraction of sp³-hybridized carbons (Fsp3) is 0.533. The van der Waals surface area contributed by atoms with Gasteiger partial charge < -0.3 is 29.6 Å². The average Bonchev–Trinajstić information content (AvgIpc) is 3.65. The molecule has 8 heteroatoms. The van der Waals surface area contributed by atoms with Crippen molar-refractivity contribution >= 4 is 11.8 Å². The smallest absolute Gasteiger partial charge is 0.309 e. The van der Waals surface area contributed by atoms with Crippen molar-refractivity contribution in [1.82, 2.24) is 10.6 Å². The molecule has 2 aliphatic rings. The number of nitrogens with one attached hydrogen (secondary N) is 2. The molecule has 2 saturated carbocycles. The zero-order valence-corrected chi connectivity index (χ0v) is 23.0. The molecule has 206 valence electrons. The molecule has 38 heavy (non-hydrogen) atoms. The molecule has 4 rings (SSSR count). The van der Waals surface area contributed by atoms with Gasteiger partial charge in [0.1, 0.15) is 0 Å². The second-order valence-electron chi connectivity index (χ2n) is 10.5. The number of rotatable bonds is 10.